The van der Waals surface area contributed by atoms with Gasteiger partial charge in [0, 0.05) is 19.6 Å². The quantitative estimate of drug-likeness (QED) is 0.759. The molecule has 0 amide bonds. The molecule has 0 aliphatic rings. The molecule has 2 N–H and O–H groups in total. The zero-order chi connectivity index (χ0) is 12.8. The molecule has 0 saturated carbocycles. The molecule has 0 aliphatic heterocycles. The molecule has 1 aromatic rings. The number of hydrogen-bond acceptors (Lipinski definition) is 3. The Morgan fingerprint density at radius 2 is 2.12 bits per heavy atom. The van der Waals surface area contributed by atoms with Crippen LogP contribution in [0.25, 0.3) is 0 Å². The number of aryl methyl sites for hydroxylation is 2. The summed E-state index contributed by atoms with van der Waals surface area (Å²) in [5.74, 6) is 0.296. The summed E-state index contributed by atoms with van der Waals surface area (Å²) in [7, 11) is 0. The monoisotopic (exact) mass is 239 g/mol. The molecule has 0 radical (unpaired) electrons. The summed E-state index contributed by atoms with van der Waals surface area (Å²) in [5.41, 5.74) is 2.33. The maximum atomic E-state index is 9.70. The number of aromatic nitrogens is 2. The van der Waals surface area contributed by atoms with Gasteiger partial charge in [-0.3, -0.25) is 4.68 Å². The molecule has 0 spiro atoms. The number of hydrogen-bond donors (Lipinski definition) is 2. The summed E-state index contributed by atoms with van der Waals surface area (Å²) in [6.07, 6.45) is 0.688. The zero-order valence-corrected chi connectivity index (χ0v) is 11.4. The lowest BCUT2D eigenvalue weighted by molar-refractivity contribution is 0.123. The first-order valence-corrected chi connectivity index (χ1v) is 6.52. The van der Waals surface area contributed by atoms with Crippen LogP contribution in [0.3, 0.4) is 0 Å². The molecule has 1 rings (SSSR count). The molecule has 98 valence electrons. The van der Waals surface area contributed by atoms with E-state index in [0.717, 1.165) is 25.2 Å². The van der Waals surface area contributed by atoms with Crippen LogP contribution < -0.4 is 5.32 Å². The van der Waals surface area contributed by atoms with Gasteiger partial charge in [0.2, 0.25) is 0 Å². The van der Waals surface area contributed by atoms with E-state index in [1.807, 2.05) is 18.5 Å². The number of aliphatic hydroxyl groups excluding tert-OH is 1. The third-order valence-electron chi connectivity index (χ3n) is 3.00. The van der Waals surface area contributed by atoms with Crippen molar-refractivity contribution in [2.75, 3.05) is 6.54 Å². The molecular formula is C13H25N3O. The maximum Gasteiger partial charge on any atom is 0.0687 e. The van der Waals surface area contributed by atoms with E-state index >= 15 is 0 Å². The Kier molecular flexibility index (Phi) is 5.65. The largest absolute Gasteiger partial charge is 0.392 e. The van der Waals surface area contributed by atoms with Gasteiger partial charge in [0.25, 0.3) is 0 Å². The number of rotatable bonds is 7. The molecule has 0 aromatic carbocycles. The summed E-state index contributed by atoms with van der Waals surface area (Å²) in [6, 6.07) is 2.14. The van der Waals surface area contributed by atoms with Crippen molar-refractivity contribution in [1.29, 1.82) is 0 Å². The second-order valence-electron chi connectivity index (χ2n) is 4.74. The molecule has 1 aromatic heterocycles. The van der Waals surface area contributed by atoms with Crippen molar-refractivity contribution in [2.24, 2.45) is 5.92 Å². The van der Waals surface area contributed by atoms with Crippen molar-refractivity contribution in [2.45, 2.75) is 53.3 Å². The highest BCUT2D eigenvalue weighted by Crippen LogP contribution is 2.06. The maximum absolute atomic E-state index is 9.70. The Labute approximate surface area is 104 Å². The lowest BCUT2D eigenvalue weighted by atomic mass is 10.1. The Balaban J connectivity index is 2.48. The summed E-state index contributed by atoms with van der Waals surface area (Å²) >= 11 is 0. The topological polar surface area (TPSA) is 50.1 Å². The van der Waals surface area contributed by atoms with Crippen molar-refractivity contribution in [3.63, 3.8) is 0 Å². The summed E-state index contributed by atoms with van der Waals surface area (Å²) < 4.78 is 2.02. The molecular weight excluding hydrogens is 214 g/mol. The van der Waals surface area contributed by atoms with Crippen LogP contribution in [0.2, 0.25) is 0 Å². The zero-order valence-electron chi connectivity index (χ0n) is 11.4. The minimum Gasteiger partial charge on any atom is -0.392 e. The second-order valence-corrected chi connectivity index (χ2v) is 4.74. The average Bonchev–Trinajstić information content (AvgIpc) is 2.71. The van der Waals surface area contributed by atoms with Crippen molar-refractivity contribution < 1.29 is 5.11 Å². The van der Waals surface area contributed by atoms with Crippen LogP contribution in [0.4, 0.5) is 0 Å². The van der Waals surface area contributed by atoms with Gasteiger partial charge >= 0.3 is 0 Å². The highest BCUT2D eigenvalue weighted by molar-refractivity contribution is 5.10. The van der Waals surface area contributed by atoms with Crippen LogP contribution in [0, 0.1) is 5.92 Å². The predicted molar refractivity (Wildman–Crippen MR) is 69.8 cm³/mol. The third-order valence-corrected chi connectivity index (χ3v) is 3.00. The van der Waals surface area contributed by atoms with Crippen LogP contribution in [0.1, 0.15) is 39.1 Å². The van der Waals surface area contributed by atoms with Gasteiger partial charge in [0.1, 0.15) is 0 Å². The molecule has 4 nitrogen and oxygen atoms in total. The SMILES string of the molecule is CCc1cc(CNCC(O)C(C)C)n(CC)n1. The van der Waals surface area contributed by atoms with Gasteiger partial charge in [0.05, 0.1) is 17.5 Å². The lowest BCUT2D eigenvalue weighted by Crippen LogP contribution is -2.30. The van der Waals surface area contributed by atoms with Gasteiger partial charge in [-0.05, 0) is 25.3 Å². The minimum atomic E-state index is -0.279. The molecule has 0 bridgehead atoms. The van der Waals surface area contributed by atoms with E-state index in [4.69, 9.17) is 0 Å². The molecule has 1 unspecified atom stereocenters. The fourth-order valence-corrected chi connectivity index (χ4v) is 1.69. The fourth-order valence-electron chi connectivity index (χ4n) is 1.69. The first-order chi connectivity index (χ1) is 8.08. The van der Waals surface area contributed by atoms with Crippen molar-refractivity contribution in [3.8, 4) is 0 Å². The van der Waals surface area contributed by atoms with E-state index < -0.39 is 0 Å². The third kappa shape index (κ3) is 4.13. The smallest absolute Gasteiger partial charge is 0.0687 e. The van der Waals surface area contributed by atoms with E-state index in [1.165, 1.54) is 5.69 Å². The standard InChI is InChI=1S/C13H25N3O/c1-5-11-7-12(16(6-2)15-11)8-14-9-13(17)10(3)4/h7,10,13-14,17H,5-6,8-9H2,1-4H3. The second kappa shape index (κ2) is 6.77. The van der Waals surface area contributed by atoms with Gasteiger partial charge in [-0.1, -0.05) is 20.8 Å². The summed E-state index contributed by atoms with van der Waals surface area (Å²) in [4.78, 5) is 0. The van der Waals surface area contributed by atoms with Crippen molar-refractivity contribution in [3.05, 3.63) is 17.5 Å². The Morgan fingerprint density at radius 3 is 2.65 bits per heavy atom. The van der Waals surface area contributed by atoms with E-state index in [0.29, 0.717) is 12.5 Å². The number of aliphatic hydroxyl groups is 1. The highest BCUT2D eigenvalue weighted by Gasteiger charge is 2.09. The van der Waals surface area contributed by atoms with Gasteiger partial charge in [0.15, 0.2) is 0 Å². The number of nitrogens with one attached hydrogen (secondary N) is 1. The van der Waals surface area contributed by atoms with Crippen LogP contribution in [0.15, 0.2) is 6.07 Å². The number of nitrogens with zero attached hydrogens (tertiary/aromatic N) is 2. The van der Waals surface area contributed by atoms with Crippen molar-refractivity contribution >= 4 is 0 Å². The van der Waals surface area contributed by atoms with E-state index in [1.54, 1.807) is 0 Å². The van der Waals surface area contributed by atoms with Crippen molar-refractivity contribution in [1.82, 2.24) is 15.1 Å². The van der Waals surface area contributed by atoms with Crippen LogP contribution in [0.5, 0.6) is 0 Å². The molecule has 4 heteroatoms. The molecule has 0 fully saturated rings. The summed E-state index contributed by atoms with van der Waals surface area (Å²) in [6.45, 7) is 10.6. The fraction of sp³-hybridized carbons (Fsp3) is 0.769. The highest BCUT2D eigenvalue weighted by atomic mass is 16.3. The molecule has 0 aliphatic carbocycles. The first-order valence-electron chi connectivity index (χ1n) is 6.52. The minimum absolute atomic E-state index is 0.279. The Morgan fingerprint density at radius 1 is 1.41 bits per heavy atom. The lowest BCUT2D eigenvalue weighted by Gasteiger charge is -2.15. The van der Waals surface area contributed by atoms with Gasteiger partial charge in [-0.2, -0.15) is 5.10 Å². The normalized spacial score (nSPS) is 13.3. The molecule has 1 heterocycles. The van der Waals surface area contributed by atoms with E-state index in [9.17, 15) is 5.11 Å². The van der Waals surface area contributed by atoms with Gasteiger partial charge in [-0.25, -0.2) is 0 Å². The van der Waals surface area contributed by atoms with Crippen LogP contribution in [-0.4, -0.2) is 27.5 Å². The van der Waals surface area contributed by atoms with E-state index in [2.05, 4.69) is 30.3 Å². The van der Waals surface area contributed by atoms with Gasteiger partial charge in [-0.15, -0.1) is 0 Å². The predicted octanol–water partition coefficient (Wildman–Crippen LogP) is 1.57. The molecule has 0 saturated heterocycles. The van der Waals surface area contributed by atoms with E-state index in [-0.39, 0.29) is 6.10 Å². The molecule has 17 heavy (non-hydrogen) atoms. The van der Waals surface area contributed by atoms with Crippen LogP contribution >= 0.6 is 0 Å². The Hall–Kier alpha value is -0.870. The van der Waals surface area contributed by atoms with Gasteiger partial charge < -0.3 is 10.4 Å². The summed E-state index contributed by atoms with van der Waals surface area (Å²) in [5, 5.41) is 17.5. The van der Waals surface area contributed by atoms with Crippen LogP contribution in [-0.2, 0) is 19.5 Å². The Bertz CT molecular complexity index is 333. The first kappa shape index (κ1) is 14.2. The molecule has 1 atom stereocenters. The average molecular weight is 239 g/mol.